The maximum atomic E-state index is 12.6. The summed E-state index contributed by atoms with van der Waals surface area (Å²) >= 11 is 0. The van der Waals surface area contributed by atoms with Crippen molar-refractivity contribution in [3.05, 3.63) is 41.3 Å². The summed E-state index contributed by atoms with van der Waals surface area (Å²) in [5, 5.41) is 13.0. The van der Waals surface area contributed by atoms with Gasteiger partial charge in [0.15, 0.2) is 5.82 Å². The van der Waals surface area contributed by atoms with E-state index in [4.69, 9.17) is 5.11 Å². The summed E-state index contributed by atoms with van der Waals surface area (Å²) in [6, 6.07) is 2.11. The lowest BCUT2D eigenvalue weighted by molar-refractivity contribution is -0.137. The van der Waals surface area contributed by atoms with Crippen LogP contribution < -0.4 is 0 Å². The standard InChI is InChI=1S/C15H17F3N4O2/c1-3-21(6-7-23)14(24)12-9-20-22(10(12)2)13-5-4-11(8-19-13)15(16,17)18/h4-5,8-9,23H,3,6-7H2,1-2H3. The number of likely N-dealkylation sites (N-methyl/N-ethyl adjacent to an activating group) is 1. The van der Waals surface area contributed by atoms with Gasteiger partial charge >= 0.3 is 6.18 Å². The number of hydrogen-bond acceptors (Lipinski definition) is 4. The molecule has 24 heavy (non-hydrogen) atoms. The molecule has 130 valence electrons. The molecule has 1 N–H and O–H groups in total. The Balaban J connectivity index is 2.31. The van der Waals surface area contributed by atoms with Crippen LogP contribution >= 0.6 is 0 Å². The van der Waals surface area contributed by atoms with E-state index in [1.807, 2.05) is 0 Å². The maximum Gasteiger partial charge on any atom is 0.417 e. The fraction of sp³-hybridized carbons (Fsp3) is 0.400. The zero-order valence-electron chi connectivity index (χ0n) is 13.2. The molecule has 0 atom stereocenters. The summed E-state index contributed by atoms with van der Waals surface area (Å²) in [6.45, 7) is 3.87. The average molecular weight is 342 g/mol. The summed E-state index contributed by atoms with van der Waals surface area (Å²) in [7, 11) is 0. The predicted molar refractivity (Wildman–Crippen MR) is 79.8 cm³/mol. The van der Waals surface area contributed by atoms with Crippen molar-refractivity contribution < 1.29 is 23.1 Å². The molecule has 2 heterocycles. The van der Waals surface area contributed by atoms with Crippen LogP contribution in [0.4, 0.5) is 13.2 Å². The first-order chi connectivity index (χ1) is 11.3. The van der Waals surface area contributed by atoms with Crippen molar-refractivity contribution in [2.24, 2.45) is 0 Å². The van der Waals surface area contributed by atoms with E-state index in [1.165, 1.54) is 21.8 Å². The summed E-state index contributed by atoms with van der Waals surface area (Å²) in [5.74, 6) is -0.119. The van der Waals surface area contributed by atoms with Gasteiger partial charge in [0.1, 0.15) is 0 Å². The Morgan fingerprint density at radius 2 is 2.04 bits per heavy atom. The molecule has 2 rings (SSSR count). The SMILES string of the molecule is CCN(CCO)C(=O)c1cnn(-c2ccc(C(F)(F)F)cn2)c1C. The van der Waals surface area contributed by atoms with E-state index in [1.54, 1.807) is 13.8 Å². The van der Waals surface area contributed by atoms with E-state index in [0.717, 1.165) is 12.3 Å². The minimum Gasteiger partial charge on any atom is -0.395 e. The molecule has 0 aliphatic rings. The Bertz CT molecular complexity index is 710. The highest BCUT2D eigenvalue weighted by Crippen LogP contribution is 2.28. The van der Waals surface area contributed by atoms with Gasteiger partial charge in [-0.3, -0.25) is 4.79 Å². The number of pyridine rings is 1. The number of rotatable bonds is 5. The van der Waals surface area contributed by atoms with E-state index in [0.29, 0.717) is 17.8 Å². The fourth-order valence-corrected chi connectivity index (χ4v) is 2.22. The Kier molecular flexibility index (Phi) is 5.23. The number of aliphatic hydroxyl groups is 1. The Hall–Kier alpha value is -2.42. The molecule has 0 unspecified atom stereocenters. The molecule has 6 nitrogen and oxygen atoms in total. The van der Waals surface area contributed by atoms with Crippen molar-refractivity contribution in [1.29, 1.82) is 0 Å². The topological polar surface area (TPSA) is 71.2 Å². The zero-order chi connectivity index (χ0) is 17.9. The largest absolute Gasteiger partial charge is 0.417 e. The maximum absolute atomic E-state index is 12.6. The van der Waals surface area contributed by atoms with Crippen molar-refractivity contribution in [1.82, 2.24) is 19.7 Å². The van der Waals surface area contributed by atoms with Gasteiger partial charge in [0.25, 0.3) is 5.91 Å². The first-order valence-corrected chi connectivity index (χ1v) is 7.28. The van der Waals surface area contributed by atoms with Gasteiger partial charge in [0, 0.05) is 19.3 Å². The normalized spacial score (nSPS) is 11.6. The van der Waals surface area contributed by atoms with Crippen LogP contribution in [-0.4, -0.2) is 50.4 Å². The molecule has 0 saturated heterocycles. The van der Waals surface area contributed by atoms with Crippen molar-refractivity contribution in [2.45, 2.75) is 20.0 Å². The molecule has 0 bridgehead atoms. The summed E-state index contributed by atoms with van der Waals surface area (Å²) in [6.07, 6.45) is -2.39. The first-order valence-electron chi connectivity index (χ1n) is 7.28. The van der Waals surface area contributed by atoms with Crippen LogP contribution in [0.3, 0.4) is 0 Å². The number of aromatic nitrogens is 3. The minimum absolute atomic E-state index is 0.159. The van der Waals surface area contributed by atoms with Crippen molar-refractivity contribution in [2.75, 3.05) is 19.7 Å². The fourth-order valence-electron chi connectivity index (χ4n) is 2.22. The quantitative estimate of drug-likeness (QED) is 0.903. The Morgan fingerprint density at radius 3 is 2.54 bits per heavy atom. The van der Waals surface area contributed by atoms with E-state index >= 15 is 0 Å². The number of carbonyl (C=O) groups is 1. The molecule has 0 aliphatic carbocycles. The Labute approximate surface area is 136 Å². The monoisotopic (exact) mass is 342 g/mol. The van der Waals surface area contributed by atoms with Crippen LogP contribution in [0.15, 0.2) is 24.5 Å². The number of aliphatic hydroxyl groups excluding tert-OH is 1. The highest BCUT2D eigenvalue weighted by Gasteiger charge is 2.31. The van der Waals surface area contributed by atoms with Crippen LogP contribution in [0.1, 0.15) is 28.5 Å². The second-order valence-electron chi connectivity index (χ2n) is 5.07. The molecule has 0 fully saturated rings. The lowest BCUT2D eigenvalue weighted by Gasteiger charge is -2.19. The zero-order valence-corrected chi connectivity index (χ0v) is 13.2. The third-order valence-corrected chi connectivity index (χ3v) is 3.57. The van der Waals surface area contributed by atoms with Gasteiger partial charge in [-0.05, 0) is 26.0 Å². The predicted octanol–water partition coefficient (Wildman–Crippen LogP) is 2.05. The van der Waals surface area contributed by atoms with Crippen LogP contribution in [0.25, 0.3) is 5.82 Å². The van der Waals surface area contributed by atoms with Gasteiger partial charge in [-0.25, -0.2) is 9.67 Å². The molecule has 0 spiro atoms. The van der Waals surface area contributed by atoms with Crippen LogP contribution in [-0.2, 0) is 6.18 Å². The highest BCUT2D eigenvalue weighted by molar-refractivity contribution is 5.95. The third-order valence-electron chi connectivity index (χ3n) is 3.57. The number of halogens is 3. The summed E-state index contributed by atoms with van der Waals surface area (Å²) in [4.78, 5) is 17.6. The Morgan fingerprint density at radius 1 is 1.33 bits per heavy atom. The molecule has 0 radical (unpaired) electrons. The van der Waals surface area contributed by atoms with Crippen LogP contribution in [0.2, 0.25) is 0 Å². The summed E-state index contributed by atoms with van der Waals surface area (Å²) in [5.41, 5.74) is -0.0805. The van der Waals surface area contributed by atoms with Gasteiger partial charge in [0.2, 0.25) is 0 Å². The number of nitrogens with zero attached hydrogens (tertiary/aromatic N) is 4. The van der Waals surface area contributed by atoms with Gasteiger partial charge in [-0.15, -0.1) is 0 Å². The van der Waals surface area contributed by atoms with Gasteiger partial charge in [-0.1, -0.05) is 0 Å². The minimum atomic E-state index is -4.46. The van der Waals surface area contributed by atoms with E-state index in [9.17, 15) is 18.0 Å². The van der Waals surface area contributed by atoms with Crippen molar-refractivity contribution in [3.63, 3.8) is 0 Å². The number of alkyl halides is 3. The van der Waals surface area contributed by atoms with Gasteiger partial charge in [-0.2, -0.15) is 18.3 Å². The molecule has 0 saturated carbocycles. The molecule has 2 aromatic heterocycles. The van der Waals surface area contributed by atoms with E-state index < -0.39 is 11.7 Å². The first kappa shape index (κ1) is 17.9. The second kappa shape index (κ2) is 7.00. The molecule has 9 heteroatoms. The third kappa shape index (κ3) is 3.56. The molecular formula is C15H17F3N4O2. The molecule has 1 amide bonds. The lowest BCUT2D eigenvalue weighted by atomic mass is 10.2. The highest BCUT2D eigenvalue weighted by atomic mass is 19.4. The van der Waals surface area contributed by atoms with E-state index in [2.05, 4.69) is 10.1 Å². The average Bonchev–Trinajstić information content (AvgIpc) is 2.93. The van der Waals surface area contributed by atoms with E-state index in [-0.39, 0.29) is 24.9 Å². The smallest absolute Gasteiger partial charge is 0.395 e. The number of hydrogen-bond donors (Lipinski definition) is 1. The molecular weight excluding hydrogens is 325 g/mol. The van der Waals surface area contributed by atoms with Crippen LogP contribution in [0.5, 0.6) is 0 Å². The van der Waals surface area contributed by atoms with Gasteiger partial charge < -0.3 is 10.0 Å². The number of amides is 1. The summed E-state index contributed by atoms with van der Waals surface area (Å²) < 4.78 is 39.0. The molecule has 0 aromatic carbocycles. The van der Waals surface area contributed by atoms with Gasteiger partial charge in [0.05, 0.1) is 29.6 Å². The van der Waals surface area contributed by atoms with Crippen molar-refractivity contribution in [3.8, 4) is 5.82 Å². The van der Waals surface area contributed by atoms with Crippen LogP contribution in [0, 0.1) is 6.92 Å². The number of carbonyl (C=O) groups excluding carboxylic acids is 1. The molecule has 0 aliphatic heterocycles. The second-order valence-corrected chi connectivity index (χ2v) is 5.07. The molecule has 2 aromatic rings. The lowest BCUT2D eigenvalue weighted by Crippen LogP contribution is -2.33. The van der Waals surface area contributed by atoms with Crippen molar-refractivity contribution >= 4 is 5.91 Å².